The van der Waals surface area contributed by atoms with Crippen molar-refractivity contribution in [1.29, 1.82) is 0 Å². The Morgan fingerprint density at radius 1 is 1.07 bits per heavy atom. The first-order valence-electron chi connectivity index (χ1n) is 10.7. The fraction of sp³-hybridized carbons (Fsp3) is 0.545. The maximum atomic E-state index is 13.6. The number of carbonyl (C=O) groups excluding carboxylic acids is 2. The summed E-state index contributed by atoms with van der Waals surface area (Å²) in [6.07, 6.45) is 2.61. The summed E-state index contributed by atoms with van der Waals surface area (Å²) in [6.45, 7) is 8.02. The number of likely N-dealkylation sites (tertiary alicyclic amines) is 1. The molecule has 2 saturated heterocycles. The van der Waals surface area contributed by atoms with Gasteiger partial charge in [0.15, 0.2) is 5.82 Å². The predicted molar refractivity (Wildman–Crippen MR) is 113 cm³/mol. The topological polar surface area (TPSA) is 85.4 Å². The van der Waals surface area contributed by atoms with E-state index in [2.05, 4.69) is 20.1 Å². The molecule has 1 aromatic carbocycles. The van der Waals surface area contributed by atoms with Crippen molar-refractivity contribution in [2.24, 2.45) is 0 Å². The molecule has 30 heavy (non-hydrogen) atoms. The SMILES string of the molecule is Cc1nc(CN2CCN(C(=O)[C@@]3(C)CCCCN3C(=O)c3ccccc3)CC2)n[nH]1. The van der Waals surface area contributed by atoms with E-state index in [1.165, 1.54) is 0 Å². The van der Waals surface area contributed by atoms with Crippen molar-refractivity contribution in [1.82, 2.24) is 29.9 Å². The lowest BCUT2D eigenvalue weighted by Gasteiger charge is -2.47. The zero-order valence-corrected chi connectivity index (χ0v) is 17.8. The fourth-order valence-electron chi connectivity index (χ4n) is 4.51. The van der Waals surface area contributed by atoms with Crippen LogP contribution in [0.25, 0.3) is 0 Å². The third-order valence-electron chi connectivity index (χ3n) is 6.29. The monoisotopic (exact) mass is 410 g/mol. The van der Waals surface area contributed by atoms with Crippen molar-refractivity contribution in [2.45, 2.75) is 45.2 Å². The molecular weight excluding hydrogens is 380 g/mol. The van der Waals surface area contributed by atoms with Gasteiger partial charge in [-0.1, -0.05) is 18.2 Å². The van der Waals surface area contributed by atoms with Crippen LogP contribution < -0.4 is 0 Å². The Morgan fingerprint density at radius 2 is 1.80 bits per heavy atom. The molecule has 0 saturated carbocycles. The molecule has 0 unspecified atom stereocenters. The van der Waals surface area contributed by atoms with E-state index in [9.17, 15) is 9.59 Å². The number of piperidine rings is 1. The Kier molecular flexibility index (Phi) is 5.85. The first kappa shape index (κ1) is 20.5. The van der Waals surface area contributed by atoms with E-state index in [0.29, 0.717) is 38.2 Å². The molecule has 0 bridgehead atoms. The van der Waals surface area contributed by atoms with Crippen LogP contribution in [0.15, 0.2) is 30.3 Å². The first-order chi connectivity index (χ1) is 14.5. The summed E-state index contributed by atoms with van der Waals surface area (Å²) in [5, 5.41) is 7.08. The maximum absolute atomic E-state index is 13.6. The van der Waals surface area contributed by atoms with Crippen LogP contribution in [0.4, 0.5) is 0 Å². The number of rotatable bonds is 4. The van der Waals surface area contributed by atoms with Gasteiger partial charge in [-0.15, -0.1) is 0 Å². The third kappa shape index (κ3) is 4.09. The molecule has 160 valence electrons. The highest BCUT2D eigenvalue weighted by atomic mass is 16.2. The minimum absolute atomic E-state index is 0.0511. The van der Waals surface area contributed by atoms with Crippen LogP contribution in [0.5, 0.6) is 0 Å². The fourth-order valence-corrected chi connectivity index (χ4v) is 4.51. The minimum atomic E-state index is -0.784. The molecule has 8 heteroatoms. The molecule has 0 spiro atoms. The minimum Gasteiger partial charge on any atom is -0.338 e. The average Bonchev–Trinajstić information content (AvgIpc) is 3.18. The molecule has 1 aromatic heterocycles. The Balaban J connectivity index is 1.42. The van der Waals surface area contributed by atoms with Crippen molar-refractivity contribution >= 4 is 11.8 Å². The molecular formula is C22H30N6O2. The summed E-state index contributed by atoms with van der Waals surface area (Å²) in [4.78, 5) is 37.1. The number of hydrogen-bond donors (Lipinski definition) is 1. The molecule has 8 nitrogen and oxygen atoms in total. The van der Waals surface area contributed by atoms with E-state index >= 15 is 0 Å². The summed E-state index contributed by atoms with van der Waals surface area (Å²) in [5.41, 5.74) is -0.140. The molecule has 1 N–H and O–H groups in total. The zero-order valence-electron chi connectivity index (χ0n) is 17.8. The van der Waals surface area contributed by atoms with Gasteiger partial charge in [0.1, 0.15) is 11.4 Å². The molecule has 1 atom stereocenters. The van der Waals surface area contributed by atoms with Gasteiger partial charge in [0.05, 0.1) is 6.54 Å². The largest absolute Gasteiger partial charge is 0.338 e. The Labute approximate surface area is 177 Å². The quantitative estimate of drug-likeness (QED) is 0.831. The number of aromatic nitrogens is 3. The van der Waals surface area contributed by atoms with Gasteiger partial charge in [-0.2, -0.15) is 5.10 Å². The highest BCUT2D eigenvalue weighted by Crippen LogP contribution is 2.32. The van der Waals surface area contributed by atoms with Crippen molar-refractivity contribution in [3.05, 3.63) is 47.5 Å². The van der Waals surface area contributed by atoms with Crippen molar-refractivity contribution in [2.75, 3.05) is 32.7 Å². The van der Waals surface area contributed by atoms with Crippen LogP contribution >= 0.6 is 0 Å². The average molecular weight is 411 g/mol. The number of aromatic amines is 1. The Bertz CT molecular complexity index is 890. The van der Waals surface area contributed by atoms with E-state index in [1.54, 1.807) is 4.90 Å². The zero-order chi connectivity index (χ0) is 21.1. The predicted octanol–water partition coefficient (Wildman–Crippen LogP) is 1.84. The van der Waals surface area contributed by atoms with Gasteiger partial charge in [0.25, 0.3) is 5.91 Å². The van der Waals surface area contributed by atoms with Crippen LogP contribution in [0.3, 0.4) is 0 Å². The van der Waals surface area contributed by atoms with Crippen molar-refractivity contribution in [3.63, 3.8) is 0 Å². The van der Waals surface area contributed by atoms with Gasteiger partial charge in [-0.3, -0.25) is 19.6 Å². The van der Waals surface area contributed by atoms with E-state index in [0.717, 1.165) is 37.6 Å². The van der Waals surface area contributed by atoms with Gasteiger partial charge < -0.3 is 9.80 Å². The number of benzene rings is 1. The van der Waals surface area contributed by atoms with Crippen LogP contribution in [0, 0.1) is 6.92 Å². The summed E-state index contributed by atoms with van der Waals surface area (Å²) >= 11 is 0. The molecule has 2 fully saturated rings. The van der Waals surface area contributed by atoms with E-state index in [1.807, 2.05) is 49.1 Å². The molecule has 4 rings (SSSR count). The second-order valence-electron chi connectivity index (χ2n) is 8.46. The van der Waals surface area contributed by atoms with Gasteiger partial charge in [0.2, 0.25) is 5.91 Å². The second kappa shape index (κ2) is 8.55. The number of amides is 2. The van der Waals surface area contributed by atoms with Gasteiger partial charge in [0, 0.05) is 38.3 Å². The lowest BCUT2D eigenvalue weighted by Crippen LogP contribution is -2.63. The summed E-state index contributed by atoms with van der Waals surface area (Å²) in [7, 11) is 0. The Hall–Kier alpha value is -2.74. The number of hydrogen-bond acceptors (Lipinski definition) is 5. The number of aryl methyl sites for hydroxylation is 1. The van der Waals surface area contributed by atoms with E-state index in [4.69, 9.17) is 0 Å². The molecule has 0 aliphatic carbocycles. The summed E-state index contributed by atoms with van der Waals surface area (Å²) < 4.78 is 0. The summed E-state index contributed by atoms with van der Waals surface area (Å²) in [6, 6.07) is 9.28. The Morgan fingerprint density at radius 3 is 2.47 bits per heavy atom. The molecule has 2 aliphatic rings. The number of carbonyl (C=O) groups is 2. The van der Waals surface area contributed by atoms with Crippen LogP contribution in [-0.2, 0) is 11.3 Å². The number of piperazine rings is 1. The molecule has 2 aromatic rings. The first-order valence-corrected chi connectivity index (χ1v) is 10.7. The van der Waals surface area contributed by atoms with Crippen LogP contribution in [0.1, 0.15) is 48.2 Å². The highest BCUT2D eigenvalue weighted by Gasteiger charge is 2.46. The number of nitrogens with zero attached hydrogens (tertiary/aromatic N) is 5. The summed E-state index contributed by atoms with van der Waals surface area (Å²) in [5.74, 6) is 1.61. The van der Waals surface area contributed by atoms with Gasteiger partial charge in [-0.25, -0.2) is 4.98 Å². The third-order valence-corrected chi connectivity index (χ3v) is 6.29. The molecule has 2 amide bonds. The van der Waals surface area contributed by atoms with Gasteiger partial charge >= 0.3 is 0 Å². The smallest absolute Gasteiger partial charge is 0.254 e. The van der Waals surface area contributed by atoms with Crippen LogP contribution in [0.2, 0.25) is 0 Å². The van der Waals surface area contributed by atoms with Gasteiger partial charge in [-0.05, 0) is 45.2 Å². The lowest BCUT2D eigenvalue weighted by molar-refractivity contribution is -0.146. The highest BCUT2D eigenvalue weighted by molar-refractivity contribution is 5.99. The second-order valence-corrected chi connectivity index (χ2v) is 8.46. The van der Waals surface area contributed by atoms with Crippen LogP contribution in [-0.4, -0.2) is 80.0 Å². The van der Waals surface area contributed by atoms with Crippen molar-refractivity contribution < 1.29 is 9.59 Å². The maximum Gasteiger partial charge on any atom is 0.254 e. The van der Waals surface area contributed by atoms with Crippen molar-refractivity contribution in [3.8, 4) is 0 Å². The van der Waals surface area contributed by atoms with E-state index in [-0.39, 0.29) is 11.8 Å². The van der Waals surface area contributed by atoms with E-state index < -0.39 is 5.54 Å². The number of H-pyrrole nitrogens is 1. The lowest BCUT2D eigenvalue weighted by atomic mass is 9.86. The number of nitrogens with one attached hydrogen (secondary N) is 1. The normalized spacial score (nSPS) is 22.9. The molecule has 2 aliphatic heterocycles. The molecule has 3 heterocycles. The standard InChI is InChI=1S/C22H30N6O2/c1-17-23-19(25-24-17)16-26-12-14-27(15-13-26)21(30)22(2)10-6-7-11-28(22)20(29)18-8-4-3-5-9-18/h3-5,8-9H,6-7,10-16H2,1-2H3,(H,23,24,25)/t22-/m1/s1. The molecule has 0 radical (unpaired) electrons.